The second-order valence-corrected chi connectivity index (χ2v) is 7.70. The molecule has 0 saturated heterocycles. The molecule has 1 unspecified atom stereocenters. The van der Waals surface area contributed by atoms with Gasteiger partial charge in [-0.25, -0.2) is 4.98 Å². The normalized spacial score (nSPS) is 18.6. The minimum absolute atomic E-state index is 0.0826. The number of anilines is 1. The number of rotatable bonds is 2. The molecular weight excluding hydrogens is 264 g/mol. The van der Waals surface area contributed by atoms with Gasteiger partial charge in [0.2, 0.25) is 0 Å². The smallest absolute Gasteiger partial charge is 0.183 e. The number of aryl methyl sites for hydroxylation is 1. The van der Waals surface area contributed by atoms with Crippen molar-refractivity contribution >= 4 is 16.5 Å². The fourth-order valence-corrected chi connectivity index (χ4v) is 4.06. The first-order valence-electron chi connectivity index (χ1n) is 7.33. The van der Waals surface area contributed by atoms with Crippen molar-refractivity contribution in [3.63, 3.8) is 0 Å². The molecule has 1 N–H and O–H groups in total. The quantitative estimate of drug-likeness (QED) is 0.871. The summed E-state index contributed by atoms with van der Waals surface area (Å²) in [6.07, 6.45) is 3.47. The van der Waals surface area contributed by atoms with Crippen LogP contribution in [0.3, 0.4) is 0 Å². The van der Waals surface area contributed by atoms with Gasteiger partial charge in [-0.3, -0.25) is 0 Å². The van der Waals surface area contributed by atoms with Crippen LogP contribution in [-0.4, -0.2) is 10.5 Å². The van der Waals surface area contributed by atoms with E-state index >= 15 is 0 Å². The average molecular weight is 286 g/mol. The van der Waals surface area contributed by atoms with Crippen LogP contribution in [0.5, 0.6) is 0 Å². The van der Waals surface area contributed by atoms with Crippen molar-refractivity contribution in [1.29, 1.82) is 0 Å². The van der Waals surface area contributed by atoms with Crippen LogP contribution in [0.4, 0.5) is 5.13 Å². The summed E-state index contributed by atoms with van der Waals surface area (Å²) in [5.41, 5.74) is 2.87. The number of benzene rings is 1. The Morgan fingerprint density at radius 2 is 1.95 bits per heavy atom. The maximum absolute atomic E-state index is 4.77. The summed E-state index contributed by atoms with van der Waals surface area (Å²) in [6.45, 7) is 6.54. The highest BCUT2D eigenvalue weighted by Gasteiger charge is 2.24. The zero-order valence-electron chi connectivity index (χ0n) is 12.4. The predicted molar refractivity (Wildman–Crippen MR) is 86.7 cm³/mol. The lowest BCUT2D eigenvalue weighted by molar-refractivity contribution is 0.583. The van der Waals surface area contributed by atoms with Gasteiger partial charge in [0.1, 0.15) is 0 Å². The van der Waals surface area contributed by atoms with Crippen molar-refractivity contribution in [3.05, 3.63) is 46.5 Å². The summed E-state index contributed by atoms with van der Waals surface area (Å²) in [5.74, 6) is 0.659. The molecule has 0 fully saturated rings. The van der Waals surface area contributed by atoms with E-state index in [1.807, 2.05) is 11.3 Å². The molecule has 3 heteroatoms. The topological polar surface area (TPSA) is 24.9 Å². The highest BCUT2D eigenvalue weighted by atomic mass is 32.1. The van der Waals surface area contributed by atoms with Crippen molar-refractivity contribution < 1.29 is 0 Å². The third-order valence-corrected chi connectivity index (χ3v) is 4.73. The summed E-state index contributed by atoms with van der Waals surface area (Å²) in [4.78, 5) is 6.24. The molecule has 106 valence electrons. The molecule has 2 nitrogen and oxygen atoms in total. The molecule has 0 spiro atoms. The molecule has 1 heterocycles. The maximum atomic E-state index is 4.77. The Balaban J connectivity index is 1.78. The van der Waals surface area contributed by atoms with Gasteiger partial charge < -0.3 is 5.32 Å². The van der Waals surface area contributed by atoms with Gasteiger partial charge >= 0.3 is 0 Å². The Kier molecular flexibility index (Phi) is 3.55. The molecule has 1 aromatic heterocycles. The molecule has 0 bridgehead atoms. The zero-order valence-corrected chi connectivity index (χ0v) is 13.3. The van der Waals surface area contributed by atoms with E-state index in [-0.39, 0.29) is 5.54 Å². The molecular formula is C17H22N2S. The summed E-state index contributed by atoms with van der Waals surface area (Å²) in [7, 11) is 0. The van der Waals surface area contributed by atoms with Gasteiger partial charge in [-0.2, -0.15) is 0 Å². The third kappa shape index (κ3) is 3.04. The lowest BCUT2D eigenvalue weighted by Gasteiger charge is -2.21. The van der Waals surface area contributed by atoms with Gasteiger partial charge in [-0.05, 0) is 51.5 Å². The lowest BCUT2D eigenvalue weighted by atomic mass is 9.85. The molecule has 1 aromatic carbocycles. The monoisotopic (exact) mass is 286 g/mol. The number of fused-ring (bicyclic) bond motifs is 1. The van der Waals surface area contributed by atoms with Crippen molar-refractivity contribution in [3.8, 4) is 0 Å². The van der Waals surface area contributed by atoms with Crippen molar-refractivity contribution in [2.75, 3.05) is 5.32 Å². The highest BCUT2D eigenvalue weighted by molar-refractivity contribution is 7.15. The van der Waals surface area contributed by atoms with Gasteiger partial charge in [-0.15, -0.1) is 11.3 Å². The van der Waals surface area contributed by atoms with Crippen LogP contribution in [-0.2, 0) is 12.8 Å². The minimum atomic E-state index is 0.0826. The van der Waals surface area contributed by atoms with Crippen molar-refractivity contribution in [2.45, 2.75) is 51.5 Å². The standard InChI is InChI=1S/C17H22N2S/c1-17(2,3)19-16-18-14-10-9-13(11-15(14)20-16)12-7-5-4-6-8-12/h4-8,13H,9-11H2,1-3H3,(H,18,19). The molecule has 1 aliphatic carbocycles. The average Bonchev–Trinajstić information content (AvgIpc) is 2.78. The van der Waals surface area contributed by atoms with Crippen LogP contribution in [0.15, 0.2) is 30.3 Å². The van der Waals surface area contributed by atoms with E-state index in [1.54, 1.807) is 0 Å². The largest absolute Gasteiger partial charge is 0.357 e. The molecule has 0 amide bonds. The predicted octanol–water partition coefficient (Wildman–Crippen LogP) is 4.63. The summed E-state index contributed by atoms with van der Waals surface area (Å²) in [6, 6.07) is 10.9. The Hall–Kier alpha value is -1.35. The molecule has 20 heavy (non-hydrogen) atoms. The van der Waals surface area contributed by atoms with Crippen LogP contribution < -0.4 is 5.32 Å². The number of nitrogens with zero attached hydrogens (tertiary/aromatic N) is 1. The van der Waals surface area contributed by atoms with E-state index in [2.05, 4.69) is 56.4 Å². The second kappa shape index (κ2) is 5.21. The number of hydrogen-bond donors (Lipinski definition) is 1. The van der Waals surface area contributed by atoms with Crippen LogP contribution in [0.1, 0.15) is 49.2 Å². The number of hydrogen-bond acceptors (Lipinski definition) is 3. The highest BCUT2D eigenvalue weighted by Crippen LogP contribution is 2.37. The van der Waals surface area contributed by atoms with E-state index < -0.39 is 0 Å². The number of thiazole rings is 1. The molecule has 0 aliphatic heterocycles. The van der Waals surface area contributed by atoms with E-state index in [4.69, 9.17) is 4.98 Å². The van der Waals surface area contributed by atoms with Crippen LogP contribution in [0, 0.1) is 0 Å². The van der Waals surface area contributed by atoms with Gasteiger partial charge in [0.15, 0.2) is 5.13 Å². The summed E-state index contributed by atoms with van der Waals surface area (Å²) in [5, 5.41) is 4.58. The third-order valence-electron chi connectivity index (χ3n) is 3.69. The zero-order chi connectivity index (χ0) is 14.2. The van der Waals surface area contributed by atoms with Crippen molar-refractivity contribution in [1.82, 2.24) is 4.98 Å². The SMILES string of the molecule is CC(C)(C)Nc1nc2c(s1)CC(c1ccccc1)CC2. The first-order valence-corrected chi connectivity index (χ1v) is 8.14. The van der Waals surface area contributed by atoms with Gasteiger partial charge in [0.05, 0.1) is 5.69 Å². The van der Waals surface area contributed by atoms with Gasteiger partial charge in [0, 0.05) is 10.4 Å². The van der Waals surface area contributed by atoms with E-state index in [0.29, 0.717) is 5.92 Å². The molecule has 1 atom stereocenters. The number of nitrogens with one attached hydrogen (secondary N) is 1. The van der Waals surface area contributed by atoms with Crippen LogP contribution in [0.2, 0.25) is 0 Å². The summed E-state index contributed by atoms with van der Waals surface area (Å²) >= 11 is 1.84. The molecule has 3 rings (SSSR count). The Morgan fingerprint density at radius 3 is 2.65 bits per heavy atom. The van der Waals surface area contributed by atoms with Crippen LogP contribution >= 0.6 is 11.3 Å². The first-order chi connectivity index (χ1) is 9.51. The van der Waals surface area contributed by atoms with E-state index in [1.165, 1.54) is 22.6 Å². The fourth-order valence-electron chi connectivity index (χ4n) is 2.76. The van der Waals surface area contributed by atoms with Crippen molar-refractivity contribution in [2.24, 2.45) is 0 Å². The summed E-state index contributed by atoms with van der Waals surface area (Å²) < 4.78 is 0. The first kappa shape index (κ1) is 13.6. The van der Waals surface area contributed by atoms with Gasteiger partial charge in [0.25, 0.3) is 0 Å². The molecule has 0 radical (unpaired) electrons. The minimum Gasteiger partial charge on any atom is -0.357 e. The van der Waals surface area contributed by atoms with E-state index in [9.17, 15) is 0 Å². The van der Waals surface area contributed by atoms with Crippen LogP contribution in [0.25, 0.3) is 0 Å². The Morgan fingerprint density at radius 1 is 1.20 bits per heavy atom. The maximum Gasteiger partial charge on any atom is 0.183 e. The Labute approximate surface area is 125 Å². The molecule has 1 aliphatic rings. The lowest BCUT2D eigenvalue weighted by Crippen LogP contribution is -2.25. The molecule has 2 aromatic rings. The Bertz CT molecular complexity index is 581. The fraction of sp³-hybridized carbons (Fsp3) is 0.471. The second-order valence-electron chi connectivity index (χ2n) is 6.61. The van der Waals surface area contributed by atoms with Gasteiger partial charge in [-0.1, -0.05) is 30.3 Å². The molecule has 0 saturated carbocycles. The number of aromatic nitrogens is 1. The van der Waals surface area contributed by atoms with E-state index in [0.717, 1.165) is 18.0 Å².